The molecule has 0 saturated heterocycles. The third kappa shape index (κ3) is 5.45. The van der Waals surface area contributed by atoms with Gasteiger partial charge in [0.1, 0.15) is 11.5 Å². The Balaban J connectivity index is 2.48. The number of hydrogen-bond acceptors (Lipinski definition) is 6. The number of esters is 1. The standard InChI is InChI=1S/C23H29NO6S/c1-6-15-23(2,22(25)30-5)31(26,27)24(16-18-7-11-20(28-3)12-8-18)17-19-9-13-21(29-4)14-10-19/h6-14H,1,15-17H2,2-5H3/t23-/m0/s1. The largest absolute Gasteiger partial charge is 0.497 e. The fraction of sp³-hybridized carbons (Fsp3) is 0.348. The van der Waals surface area contributed by atoms with Crippen LogP contribution in [-0.2, 0) is 32.6 Å². The third-order valence-electron chi connectivity index (χ3n) is 5.10. The number of sulfonamides is 1. The van der Waals surface area contributed by atoms with Gasteiger partial charge < -0.3 is 14.2 Å². The Hall–Kier alpha value is -2.84. The first-order valence-electron chi connectivity index (χ1n) is 9.66. The number of rotatable bonds is 11. The highest BCUT2D eigenvalue weighted by atomic mass is 32.2. The number of methoxy groups -OCH3 is 3. The molecule has 0 aliphatic rings. The molecule has 0 unspecified atom stereocenters. The molecule has 0 fully saturated rings. The molecule has 0 aromatic heterocycles. The predicted octanol–water partition coefficient (Wildman–Crippen LogP) is 3.54. The van der Waals surface area contributed by atoms with Crippen molar-refractivity contribution in [3.8, 4) is 11.5 Å². The molecule has 0 N–H and O–H groups in total. The monoisotopic (exact) mass is 447 g/mol. The van der Waals surface area contributed by atoms with E-state index in [1.807, 2.05) is 0 Å². The van der Waals surface area contributed by atoms with Gasteiger partial charge in [0.15, 0.2) is 4.75 Å². The minimum absolute atomic E-state index is 0.0715. The Bertz CT molecular complexity index is 936. The maximum absolute atomic E-state index is 13.7. The first-order chi connectivity index (χ1) is 14.7. The maximum atomic E-state index is 13.7. The van der Waals surface area contributed by atoms with Crippen LogP contribution in [0.25, 0.3) is 0 Å². The molecule has 31 heavy (non-hydrogen) atoms. The summed E-state index contributed by atoms with van der Waals surface area (Å²) < 4.78 is 42.1. The van der Waals surface area contributed by atoms with Crippen LogP contribution in [0.1, 0.15) is 24.5 Å². The number of carbonyl (C=O) groups excluding carboxylic acids is 1. The summed E-state index contributed by atoms with van der Waals surface area (Å²) >= 11 is 0. The highest BCUT2D eigenvalue weighted by Crippen LogP contribution is 2.30. The molecule has 0 saturated carbocycles. The van der Waals surface area contributed by atoms with Crippen molar-refractivity contribution in [1.82, 2.24) is 4.31 Å². The average molecular weight is 448 g/mol. The van der Waals surface area contributed by atoms with Gasteiger partial charge in [-0.2, -0.15) is 4.31 Å². The average Bonchev–Trinajstić information content (AvgIpc) is 2.78. The number of carbonyl (C=O) groups is 1. The fourth-order valence-electron chi connectivity index (χ4n) is 3.17. The van der Waals surface area contributed by atoms with Crippen LogP contribution in [0.5, 0.6) is 11.5 Å². The second-order valence-corrected chi connectivity index (χ2v) is 9.55. The van der Waals surface area contributed by atoms with E-state index in [9.17, 15) is 13.2 Å². The van der Waals surface area contributed by atoms with Gasteiger partial charge in [-0.05, 0) is 48.7 Å². The molecule has 0 radical (unpaired) electrons. The second-order valence-electron chi connectivity index (χ2n) is 7.18. The lowest BCUT2D eigenvalue weighted by atomic mass is 10.1. The summed E-state index contributed by atoms with van der Waals surface area (Å²) in [7, 11) is 0.162. The number of benzene rings is 2. The van der Waals surface area contributed by atoms with Crippen molar-refractivity contribution in [2.45, 2.75) is 31.2 Å². The molecule has 0 aliphatic heterocycles. The summed E-state index contributed by atoms with van der Waals surface area (Å²) in [5.41, 5.74) is 1.51. The zero-order valence-corrected chi connectivity index (χ0v) is 19.1. The van der Waals surface area contributed by atoms with Gasteiger partial charge in [-0.3, -0.25) is 4.79 Å². The minimum atomic E-state index is -4.14. The fourth-order valence-corrected chi connectivity index (χ4v) is 5.00. The SMILES string of the molecule is C=CC[C@@](C)(C(=O)OC)S(=O)(=O)N(Cc1ccc(OC)cc1)Cc1ccc(OC)cc1. The Kier molecular flexibility index (Phi) is 8.24. The van der Waals surface area contributed by atoms with Gasteiger partial charge in [-0.25, -0.2) is 8.42 Å². The first kappa shape index (κ1) is 24.4. The Morgan fingerprint density at radius 2 is 1.35 bits per heavy atom. The number of hydrogen-bond donors (Lipinski definition) is 0. The van der Waals surface area contributed by atoms with Crippen molar-refractivity contribution >= 4 is 16.0 Å². The van der Waals surface area contributed by atoms with Gasteiger partial charge >= 0.3 is 5.97 Å². The number of allylic oxidation sites excluding steroid dienone is 1. The van der Waals surface area contributed by atoms with Gasteiger partial charge in [0.05, 0.1) is 21.3 Å². The molecule has 0 heterocycles. The molecule has 168 valence electrons. The van der Waals surface area contributed by atoms with Crippen molar-refractivity contribution in [1.29, 1.82) is 0 Å². The lowest BCUT2D eigenvalue weighted by Crippen LogP contribution is -2.51. The zero-order chi connectivity index (χ0) is 23.1. The van der Waals surface area contributed by atoms with Crippen molar-refractivity contribution in [3.63, 3.8) is 0 Å². The zero-order valence-electron chi connectivity index (χ0n) is 18.3. The lowest BCUT2D eigenvalue weighted by molar-refractivity contribution is -0.143. The van der Waals surface area contributed by atoms with Crippen LogP contribution in [0.4, 0.5) is 0 Å². The van der Waals surface area contributed by atoms with Crippen LogP contribution in [0.2, 0.25) is 0 Å². The van der Waals surface area contributed by atoms with Crippen LogP contribution < -0.4 is 9.47 Å². The van der Waals surface area contributed by atoms with E-state index in [1.165, 1.54) is 24.4 Å². The van der Waals surface area contributed by atoms with E-state index in [2.05, 4.69) is 6.58 Å². The normalized spacial score (nSPS) is 13.3. The van der Waals surface area contributed by atoms with Crippen LogP contribution >= 0.6 is 0 Å². The van der Waals surface area contributed by atoms with E-state index < -0.39 is 20.7 Å². The van der Waals surface area contributed by atoms with Gasteiger partial charge in [0.2, 0.25) is 10.0 Å². The summed E-state index contributed by atoms with van der Waals surface area (Å²) in [5.74, 6) is 0.501. The van der Waals surface area contributed by atoms with E-state index in [0.29, 0.717) is 11.5 Å². The van der Waals surface area contributed by atoms with Crippen molar-refractivity contribution in [2.24, 2.45) is 0 Å². The highest BCUT2D eigenvalue weighted by Gasteiger charge is 2.49. The molecule has 2 rings (SSSR count). The second kappa shape index (κ2) is 10.5. The third-order valence-corrected chi connectivity index (χ3v) is 7.51. The van der Waals surface area contributed by atoms with Crippen molar-refractivity contribution in [3.05, 3.63) is 72.3 Å². The van der Waals surface area contributed by atoms with E-state index in [4.69, 9.17) is 14.2 Å². The van der Waals surface area contributed by atoms with Gasteiger partial charge in [0, 0.05) is 13.1 Å². The summed E-state index contributed by atoms with van der Waals surface area (Å²) in [6, 6.07) is 14.2. The quantitative estimate of drug-likeness (QED) is 0.387. The molecule has 8 heteroatoms. The predicted molar refractivity (Wildman–Crippen MR) is 119 cm³/mol. The van der Waals surface area contributed by atoms with E-state index in [0.717, 1.165) is 11.1 Å². The highest BCUT2D eigenvalue weighted by molar-refractivity contribution is 7.91. The molecular formula is C23H29NO6S. The molecular weight excluding hydrogens is 418 g/mol. The molecule has 0 spiro atoms. The summed E-state index contributed by atoms with van der Waals surface area (Å²) in [4.78, 5) is 12.5. The Morgan fingerprint density at radius 3 is 1.68 bits per heavy atom. The van der Waals surface area contributed by atoms with Crippen LogP contribution in [0.3, 0.4) is 0 Å². The van der Waals surface area contributed by atoms with Gasteiger partial charge in [-0.15, -0.1) is 6.58 Å². The van der Waals surface area contributed by atoms with Crippen molar-refractivity contribution in [2.75, 3.05) is 21.3 Å². The molecule has 0 aliphatic carbocycles. The molecule has 7 nitrogen and oxygen atoms in total. The maximum Gasteiger partial charge on any atom is 0.328 e. The van der Waals surface area contributed by atoms with E-state index in [-0.39, 0.29) is 19.5 Å². The molecule has 2 aromatic rings. The van der Waals surface area contributed by atoms with E-state index >= 15 is 0 Å². The lowest BCUT2D eigenvalue weighted by Gasteiger charge is -2.32. The summed E-state index contributed by atoms with van der Waals surface area (Å²) in [6.45, 7) is 5.13. The van der Waals surface area contributed by atoms with Crippen LogP contribution in [0.15, 0.2) is 61.2 Å². The minimum Gasteiger partial charge on any atom is -0.497 e. The topological polar surface area (TPSA) is 82.1 Å². The van der Waals surface area contributed by atoms with Crippen LogP contribution in [-0.4, -0.2) is 44.8 Å². The Labute approximate surface area is 184 Å². The molecule has 2 aromatic carbocycles. The summed E-state index contributed by atoms with van der Waals surface area (Å²) in [6.07, 6.45) is 1.33. The Morgan fingerprint density at radius 1 is 0.935 bits per heavy atom. The first-order valence-corrected chi connectivity index (χ1v) is 11.1. The smallest absolute Gasteiger partial charge is 0.328 e. The van der Waals surface area contributed by atoms with Gasteiger partial charge in [-0.1, -0.05) is 30.3 Å². The van der Waals surface area contributed by atoms with Gasteiger partial charge in [0.25, 0.3) is 0 Å². The van der Waals surface area contributed by atoms with E-state index in [1.54, 1.807) is 62.8 Å². The summed E-state index contributed by atoms with van der Waals surface area (Å²) in [5, 5.41) is 0. The molecule has 0 amide bonds. The molecule has 1 atom stereocenters. The molecule has 0 bridgehead atoms. The number of ether oxygens (including phenoxy) is 3. The van der Waals surface area contributed by atoms with Crippen LogP contribution in [0, 0.1) is 0 Å². The van der Waals surface area contributed by atoms with Crippen molar-refractivity contribution < 1.29 is 27.4 Å². The number of nitrogens with zero attached hydrogens (tertiary/aromatic N) is 1.